The SMILES string of the molecule is C#CCCC1(CCC(=O)N2CCOc3ccncc32)N=N1. The lowest BCUT2D eigenvalue weighted by Crippen LogP contribution is -2.38. The summed E-state index contributed by atoms with van der Waals surface area (Å²) in [5.74, 6) is 3.34. The van der Waals surface area contributed by atoms with Gasteiger partial charge in [-0.15, -0.1) is 12.3 Å². The average molecular weight is 284 g/mol. The largest absolute Gasteiger partial charge is 0.489 e. The van der Waals surface area contributed by atoms with Crippen LogP contribution in [0, 0.1) is 12.3 Å². The number of hydrogen-bond donors (Lipinski definition) is 0. The number of carbonyl (C=O) groups excluding carboxylic acids is 1. The first kappa shape index (κ1) is 13.6. The number of pyridine rings is 1. The first-order chi connectivity index (χ1) is 10.2. The van der Waals surface area contributed by atoms with Crippen molar-refractivity contribution in [3.63, 3.8) is 0 Å². The summed E-state index contributed by atoms with van der Waals surface area (Å²) in [6.07, 6.45) is 10.9. The maximum atomic E-state index is 12.4. The summed E-state index contributed by atoms with van der Waals surface area (Å²) >= 11 is 0. The van der Waals surface area contributed by atoms with E-state index in [2.05, 4.69) is 21.1 Å². The Morgan fingerprint density at radius 3 is 3.10 bits per heavy atom. The Kier molecular flexibility index (Phi) is 3.57. The van der Waals surface area contributed by atoms with Crippen LogP contribution in [0.3, 0.4) is 0 Å². The summed E-state index contributed by atoms with van der Waals surface area (Å²) in [4.78, 5) is 18.2. The fourth-order valence-corrected chi connectivity index (χ4v) is 2.43. The molecule has 0 aromatic carbocycles. The molecule has 0 unspecified atom stereocenters. The van der Waals surface area contributed by atoms with Crippen molar-refractivity contribution in [1.29, 1.82) is 0 Å². The van der Waals surface area contributed by atoms with Crippen molar-refractivity contribution in [2.24, 2.45) is 10.2 Å². The van der Waals surface area contributed by atoms with E-state index >= 15 is 0 Å². The van der Waals surface area contributed by atoms with Crippen LogP contribution in [0.4, 0.5) is 5.69 Å². The molecular formula is C15H16N4O2. The smallest absolute Gasteiger partial charge is 0.227 e. The number of aromatic nitrogens is 1. The number of hydrogen-bond acceptors (Lipinski definition) is 5. The molecule has 6 heteroatoms. The Bertz CT molecular complexity index is 614. The lowest BCUT2D eigenvalue weighted by Gasteiger charge is -2.29. The second kappa shape index (κ2) is 5.52. The highest BCUT2D eigenvalue weighted by Crippen LogP contribution is 2.38. The van der Waals surface area contributed by atoms with Gasteiger partial charge < -0.3 is 9.64 Å². The fraction of sp³-hybridized carbons (Fsp3) is 0.467. The van der Waals surface area contributed by atoms with E-state index in [4.69, 9.17) is 11.2 Å². The van der Waals surface area contributed by atoms with Gasteiger partial charge in [0.2, 0.25) is 5.91 Å². The van der Waals surface area contributed by atoms with Crippen LogP contribution in [0.25, 0.3) is 0 Å². The van der Waals surface area contributed by atoms with E-state index in [0.717, 1.165) is 12.1 Å². The van der Waals surface area contributed by atoms with E-state index in [-0.39, 0.29) is 5.91 Å². The molecular weight excluding hydrogens is 268 g/mol. The first-order valence-corrected chi connectivity index (χ1v) is 6.99. The molecule has 108 valence electrons. The summed E-state index contributed by atoms with van der Waals surface area (Å²) in [5, 5.41) is 8.11. The number of ether oxygens (including phenoxy) is 1. The van der Waals surface area contributed by atoms with Crippen molar-refractivity contribution < 1.29 is 9.53 Å². The van der Waals surface area contributed by atoms with Gasteiger partial charge in [-0.3, -0.25) is 9.78 Å². The number of fused-ring (bicyclic) bond motifs is 1. The van der Waals surface area contributed by atoms with E-state index < -0.39 is 5.66 Å². The van der Waals surface area contributed by atoms with Gasteiger partial charge in [-0.2, -0.15) is 10.2 Å². The van der Waals surface area contributed by atoms with Gasteiger partial charge >= 0.3 is 0 Å². The van der Waals surface area contributed by atoms with Gasteiger partial charge in [0.25, 0.3) is 0 Å². The minimum Gasteiger partial charge on any atom is -0.489 e. The monoisotopic (exact) mass is 284 g/mol. The van der Waals surface area contributed by atoms with Gasteiger partial charge in [-0.1, -0.05) is 0 Å². The van der Waals surface area contributed by atoms with Crippen LogP contribution in [-0.2, 0) is 4.79 Å². The Morgan fingerprint density at radius 1 is 1.48 bits per heavy atom. The topological polar surface area (TPSA) is 67.2 Å². The predicted molar refractivity (Wildman–Crippen MR) is 77.0 cm³/mol. The Hall–Kier alpha value is -2.42. The minimum absolute atomic E-state index is 0.0462. The molecule has 0 spiro atoms. The zero-order chi connectivity index (χ0) is 14.7. The molecule has 21 heavy (non-hydrogen) atoms. The molecule has 0 N–H and O–H groups in total. The summed E-state index contributed by atoms with van der Waals surface area (Å²) in [6, 6.07) is 1.77. The third-order valence-corrected chi connectivity index (χ3v) is 3.72. The van der Waals surface area contributed by atoms with Crippen molar-refractivity contribution in [1.82, 2.24) is 4.98 Å². The average Bonchev–Trinajstić information content (AvgIpc) is 3.30. The molecule has 1 amide bonds. The molecule has 1 aromatic rings. The minimum atomic E-state index is -0.411. The number of rotatable bonds is 5. The molecule has 0 bridgehead atoms. The molecule has 0 atom stereocenters. The lowest BCUT2D eigenvalue weighted by atomic mass is 10.0. The maximum Gasteiger partial charge on any atom is 0.227 e. The van der Waals surface area contributed by atoms with Gasteiger partial charge in [0.15, 0.2) is 5.66 Å². The number of anilines is 1. The molecule has 2 aliphatic rings. The molecule has 3 rings (SSSR count). The summed E-state index contributed by atoms with van der Waals surface area (Å²) in [5.41, 5.74) is 0.322. The van der Waals surface area contributed by atoms with Gasteiger partial charge in [0, 0.05) is 37.9 Å². The molecule has 0 saturated carbocycles. The van der Waals surface area contributed by atoms with Crippen LogP contribution >= 0.6 is 0 Å². The Labute approximate surface area is 123 Å². The fourth-order valence-electron chi connectivity index (χ4n) is 2.43. The second-order valence-corrected chi connectivity index (χ2v) is 5.12. The Morgan fingerprint density at radius 2 is 2.33 bits per heavy atom. The van der Waals surface area contributed by atoms with Crippen LogP contribution in [0.2, 0.25) is 0 Å². The first-order valence-electron chi connectivity index (χ1n) is 6.99. The highest BCUT2D eigenvalue weighted by molar-refractivity contribution is 5.95. The second-order valence-electron chi connectivity index (χ2n) is 5.12. The van der Waals surface area contributed by atoms with E-state index in [1.807, 2.05) is 0 Å². The van der Waals surface area contributed by atoms with Crippen molar-refractivity contribution in [3.8, 4) is 18.1 Å². The predicted octanol–water partition coefficient (Wildman–Crippen LogP) is 2.16. The molecule has 0 saturated heterocycles. The normalized spacial score (nSPS) is 17.6. The van der Waals surface area contributed by atoms with Crippen molar-refractivity contribution in [2.45, 2.75) is 31.3 Å². The quantitative estimate of drug-likeness (QED) is 0.778. The number of nitrogens with zero attached hydrogens (tertiary/aromatic N) is 4. The summed E-state index contributed by atoms with van der Waals surface area (Å²) in [7, 11) is 0. The van der Waals surface area contributed by atoms with E-state index in [0.29, 0.717) is 38.2 Å². The molecule has 6 nitrogen and oxygen atoms in total. The summed E-state index contributed by atoms with van der Waals surface area (Å²) in [6.45, 7) is 1.04. The molecule has 2 aliphatic heterocycles. The van der Waals surface area contributed by atoms with Gasteiger partial charge in [0.05, 0.1) is 12.7 Å². The molecule has 0 radical (unpaired) electrons. The highest BCUT2D eigenvalue weighted by atomic mass is 16.5. The Balaban J connectivity index is 1.61. The van der Waals surface area contributed by atoms with Gasteiger partial charge in [-0.05, 0) is 0 Å². The number of carbonyl (C=O) groups is 1. The van der Waals surface area contributed by atoms with Gasteiger partial charge in [0.1, 0.15) is 18.0 Å². The standard InChI is InChI=1S/C15H16N4O2/c1-2-3-6-15(17-18-15)7-4-14(20)19-9-10-21-13-5-8-16-11-12(13)19/h1,5,8,11H,3-4,6-7,9-10H2. The summed E-state index contributed by atoms with van der Waals surface area (Å²) < 4.78 is 5.52. The lowest BCUT2D eigenvalue weighted by molar-refractivity contribution is -0.119. The highest BCUT2D eigenvalue weighted by Gasteiger charge is 2.40. The zero-order valence-electron chi connectivity index (χ0n) is 11.7. The molecule has 0 aliphatic carbocycles. The van der Waals surface area contributed by atoms with Crippen molar-refractivity contribution >= 4 is 11.6 Å². The zero-order valence-corrected chi connectivity index (χ0v) is 11.7. The molecule has 1 aromatic heterocycles. The van der Waals surface area contributed by atoms with E-state index in [9.17, 15) is 4.79 Å². The third-order valence-electron chi connectivity index (χ3n) is 3.72. The number of amides is 1. The van der Waals surface area contributed by atoms with Gasteiger partial charge in [-0.25, -0.2) is 0 Å². The van der Waals surface area contributed by atoms with Crippen LogP contribution in [0.1, 0.15) is 25.7 Å². The van der Waals surface area contributed by atoms with Crippen molar-refractivity contribution in [3.05, 3.63) is 18.5 Å². The van der Waals surface area contributed by atoms with Crippen LogP contribution in [-0.4, -0.2) is 29.7 Å². The maximum absolute atomic E-state index is 12.4. The van der Waals surface area contributed by atoms with Crippen LogP contribution < -0.4 is 9.64 Å². The van der Waals surface area contributed by atoms with Crippen molar-refractivity contribution in [2.75, 3.05) is 18.1 Å². The van der Waals surface area contributed by atoms with Crippen LogP contribution in [0.5, 0.6) is 5.75 Å². The molecule has 0 fully saturated rings. The third kappa shape index (κ3) is 2.87. The molecule has 3 heterocycles. The van der Waals surface area contributed by atoms with E-state index in [1.165, 1.54) is 0 Å². The number of terminal acetylenes is 1. The van der Waals surface area contributed by atoms with E-state index in [1.54, 1.807) is 23.4 Å². The van der Waals surface area contributed by atoms with Crippen LogP contribution in [0.15, 0.2) is 28.7 Å².